The summed E-state index contributed by atoms with van der Waals surface area (Å²) in [5.74, 6) is -0.323. The zero-order valence-corrected chi connectivity index (χ0v) is 14.4. The molecule has 0 spiro atoms. The van der Waals surface area contributed by atoms with Crippen molar-refractivity contribution in [2.75, 3.05) is 19.6 Å². The molecule has 1 aromatic heterocycles. The van der Waals surface area contributed by atoms with Gasteiger partial charge in [-0.1, -0.05) is 11.6 Å². The van der Waals surface area contributed by atoms with Gasteiger partial charge in [0.05, 0.1) is 5.69 Å². The van der Waals surface area contributed by atoms with Crippen molar-refractivity contribution in [2.24, 2.45) is 0 Å². The first kappa shape index (κ1) is 16.7. The topological polar surface area (TPSA) is 67.2 Å². The van der Waals surface area contributed by atoms with Gasteiger partial charge in [0.25, 0.3) is 5.91 Å². The maximum Gasteiger partial charge on any atom is 0.278 e. The molecular weight excluding hydrogens is 328 g/mol. The number of nitrogens with zero attached hydrogens (tertiary/aromatic N) is 3. The van der Waals surface area contributed by atoms with E-state index in [4.69, 9.17) is 11.6 Å². The van der Waals surface area contributed by atoms with Crippen molar-refractivity contribution in [2.45, 2.75) is 19.9 Å². The number of carbonyl (C=O) groups is 1. The van der Waals surface area contributed by atoms with Crippen LogP contribution >= 0.6 is 11.6 Å². The molecule has 1 atom stereocenters. The summed E-state index contributed by atoms with van der Waals surface area (Å²) >= 11 is 5.91. The number of aryl methyl sites for hydroxylation is 1. The minimum atomic E-state index is -0.353. The number of rotatable bonds is 2. The van der Waals surface area contributed by atoms with Gasteiger partial charge in [-0.3, -0.25) is 9.59 Å². The van der Waals surface area contributed by atoms with Crippen molar-refractivity contribution in [1.29, 1.82) is 0 Å². The molecule has 2 heterocycles. The minimum Gasteiger partial charge on any atom is -0.334 e. The Morgan fingerprint density at radius 2 is 2.04 bits per heavy atom. The van der Waals surface area contributed by atoms with E-state index in [1.165, 1.54) is 6.07 Å². The molecule has 7 heteroatoms. The van der Waals surface area contributed by atoms with Gasteiger partial charge in [-0.2, -0.15) is 5.10 Å². The molecule has 1 aromatic carbocycles. The van der Waals surface area contributed by atoms with Gasteiger partial charge in [0.2, 0.25) is 5.43 Å². The fourth-order valence-electron chi connectivity index (χ4n) is 2.81. The van der Waals surface area contributed by atoms with Crippen molar-refractivity contribution >= 4 is 17.5 Å². The normalized spacial score (nSPS) is 17.8. The van der Waals surface area contributed by atoms with E-state index in [-0.39, 0.29) is 23.1 Å². The second-order valence-electron chi connectivity index (χ2n) is 5.99. The van der Waals surface area contributed by atoms with Gasteiger partial charge in [0, 0.05) is 42.5 Å². The molecule has 0 saturated carbocycles. The Kier molecular flexibility index (Phi) is 4.69. The third-order valence-electron chi connectivity index (χ3n) is 4.04. The third kappa shape index (κ3) is 3.34. The molecule has 1 fully saturated rings. The van der Waals surface area contributed by atoms with E-state index in [2.05, 4.69) is 10.4 Å². The second kappa shape index (κ2) is 6.75. The zero-order valence-electron chi connectivity index (χ0n) is 13.6. The lowest BCUT2D eigenvalue weighted by Gasteiger charge is -2.31. The molecule has 0 unspecified atom stereocenters. The highest BCUT2D eigenvalue weighted by atomic mass is 35.5. The first-order chi connectivity index (χ1) is 11.5. The lowest BCUT2D eigenvalue weighted by molar-refractivity contribution is 0.0699. The van der Waals surface area contributed by atoms with Crippen molar-refractivity contribution < 1.29 is 4.79 Å². The van der Waals surface area contributed by atoms with Crippen LogP contribution in [0.1, 0.15) is 23.1 Å². The van der Waals surface area contributed by atoms with Crippen molar-refractivity contribution in [3.05, 3.63) is 57.0 Å². The molecular formula is C17H19ClN4O2. The summed E-state index contributed by atoms with van der Waals surface area (Å²) in [6, 6.07) is 8.74. The van der Waals surface area contributed by atoms with Crippen molar-refractivity contribution in [3.63, 3.8) is 0 Å². The number of benzene rings is 1. The van der Waals surface area contributed by atoms with Crippen LogP contribution in [0.15, 0.2) is 35.1 Å². The standard InChI is InChI=1S/C17H19ClN4O2/c1-11-10-21(8-7-19-11)17(24)16-15(23)9-12(2)22(20-16)14-5-3-13(18)4-6-14/h3-6,9,11,19H,7-8,10H2,1-2H3/t11-/m1/s1. The van der Waals surface area contributed by atoms with E-state index in [0.717, 1.165) is 5.69 Å². The molecule has 0 radical (unpaired) electrons. The van der Waals surface area contributed by atoms with E-state index < -0.39 is 0 Å². The van der Waals surface area contributed by atoms with Gasteiger partial charge in [0.1, 0.15) is 0 Å². The predicted octanol–water partition coefficient (Wildman–Crippen LogP) is 1.63. The average molecular weight is 347 g/mol. The number of halogens is 1. The summed E-state index contributed by atoms with van der Waals surface area (Å²) in [6.07, 6.45) is 0. The summed E-state index contributed by atoms with van der Waals surface area (Å²) in [6.45, 7) is 5.64. The Hall–Kier alpha value is -2.18. The molecule has 1 amide bonds. The van der Waals surface area contributed by atoms with Gasteiger partial charge < -0.3 is 10.2 Å². The smallest absolute Gasteiger partial charge is 0.278 e. The molecule has 1 aliphatic rings. The molecule has 0 aliphatic carbocycles. The number of nitrogens with one attached hydrogen (secondary N) is 1. The van der Waals surface area contributed by atoms with Crippen LogP contribution in [0.3, 0.4) is 0 Å². The molecule has 6 nitrogen and oxygen atoms in total. The lowest BCUT2D eigenvalue weighted by Crippen LogP contribution is -2.52. The number of piperazine rings is 1. The zero-order chi connectivity index (χ0) is 17.3. The highest BCUT2D eigenvalue weighted by Crippen LogP contribution is 2.14. The summed E-state index contributed by atoms with van der Waals surface area (Å²) in [7, 11) is 0. The van der Waals surface area contributed by atoms with Crippen LogP contribution in [0, 0.1) is 6.92 Å². The molecule has 1 aliphatic heterocycles. The van der Waals surface area contributed by atoms with Gasteiger partial charge in [0.15, 0.2) is 5.69 Å². The van der Waals surface area contributed by atoms with Crippen LogP contribution in [-0.2, 0) is 0 Å². The van der Waals surface area contributed by atoms with E-state index in [1.54, 1.807) is 40.8 Å². The first-order valence-electron chi connectivity index (χ1n) is 7.85. The van der Waals surface area contributed by atoms with E-state index in [0.29, 0.717) is 30.4 Å². The molecule has 126 valence electrons. The fourth-order valence-corrected chi connectivity index (χ4v) is 2.93. The van der Waals surface area contributed by atoms with Crippen molar-refractivity contribution in [1.82, 2.24) is 20.0 Å². The highest BCUT2D eigenvalue weighted by Gasteiger charge is 2.25. The van der Waals surface area contributed by atoms with Crippen LogP contribution in [0.4, 0.5) is 0 Å². The van der Waals surface area contributed by atoms with Crippen LogP contribution in [0.5, 0.6) is 0 Å². The maximum atomic E-state index is 12.7. The predicted molar refractivity (Wildman–Crippen MR) is 92.9 cm³/mol. The number of hydrogen-bond donors (Lipinski definition) is 1. The fraction of sp³-hybridized carbons (Fsp3) is 0.353. The van der Waals surface area contributed by atoms with Gasteiger partial charge in [-0.25, -0.2) is 4.68 Å². The first-order valence-corrected chi connectivity index (χ1v) is 8.23. The Balaban J connectivity index is 1.99. The van der Waals surface area contributed by atoms with Crippen LogP contribution in [-0.4, -0.2) is 46.3 Å². The number of amides is 1. The number of aromatic nitrogens is 2. The van der Waals surface area contributed by atoms with Crippen LogP contribution < -0.4 is 10.7 Å². The molecule has 1 N–H and O–H groups in total. The van der Waals surface area contributed by atoms with Gasteiger partial charge >= 0.3 is 0 Å². The van der Waals surface area contributed by atoms with E-state index in [1.807, 2.05) is 6.92 Å². The lowest BCUT2D eigenvalue weighted by atomic mass is 10.2. The molecule has 0 bridgehead atoms. The van der Waals surface area contributed by atoms with Crippen molar-refractivity contribution in [3.8, 4) is 5.69 Å². The van der Waals surface area contributed by atoms with Crippen LogP contribution in [0.2, 0.25) is 5.02 Å². The second-order valence-corrected chi connectivity index (χ2v) is 6.43. The summed E-state index contributed by atoms with van der Waals surface area (Å²) in [5.41, 5.74) is 1.01. The Bertz CT molecular complexity index is 816. The largest absolute Gasteiger partial charge is 0.334 e. The average Bonchev–Trinajstić information content (AvgIpc) is 2.55. The third-order valence-corrected chi connectivity index (χ3v) is 4.29. The van der Waals surface area contributed by atoms with E-state index in [9.17, 15) is 9.59 Å². The Labute approximate surface area is 145 Å². The molecule has 3 rings (SSSR count). The quantitative estimate of drug-likeness (QED) is 0.897. The van der Waals surface area contributed by atoms with Gasteiger partial charge in [-0.05, 0) is 38.1 Å². The van der Waals surface area contributed by atoms with Crippen LogP contribution in [0.25, 0.3) is 5.69 Å². The maximum absolute atomic E-state index is 12.7. The van der Waals surface area contributed by atoms with E-state index >= 15 is 0 Å². The summed E-state index contributed by atoms with van der Waals surface area (Å²) < 4.78 is 1.59. The van der Waals surface area contributed by atoms with Gasteiger partial charge in [-0.15, -0.1) is 0 Å². The monoisotopic (exact) mass is 346 g/mol. The summed E-state index contributed by atoms with van der Waals surface area (Å²) in [5, 5.41) is 8.21. The number of carbonyl (C=O) groups excluding carboxylic acids is 1. The molecule has 1 saturated heterocycles. The molecule has 2 aromatic rings. The highest BCUT2D eigenvalue weighted by molar-refractivity contribution is 6.30. The molecule has 24 heavy (non-hydrogen) atoms. The summed E-state index contributed by atoms with van der Waals surface area (Å²) in [4.78, 5) is 26.7. The Morgan fingerprint density at radius 3 is 2.71 bits per heavy atom. The Morgan fingerprint density at radius 1 is 1.33 bits per heavy atom. The minimum absolute atomic E-state index is 0.0512. The number of hydrogen-bond acceptors (Lipinski definition) is 4. The SMILES string of the molecule is Cc1cc(=O)c(C(=O)N2CCN[C@H](C)C2)nn1-c1ccc(Cl)cc1.